The van der Waals surface area contributed by atoms with E-state index in [0.717, 1.165) is 0 Å². The molecule has 3 nitrogen and oxygen atoms in total. The highest BCUT2D eigenvalue weighted by molar-refractivity contribution is 7.90. The summed E-state index contributed by atoms with van der Waals surface area (Å²) in [4.78, 5) is 0. The fraction of sp³-hybridized carbons (Fsp3) is 0.250. The molecule has 19 heavy (non-hydrogen) atoms. The molecular formula is C12H10F3N2OS. The van der Waals surface area contributed by atoms with Crippen molar-refractivity contribution in [3.05, 3.63) is 47.2 Å². The number of rotatable bonds is 3. The fourth-order valence-electron chi connectivity index (χ4n) is 1.73. The third-order valence-electron chi connectivity index (χ3n) is 2.49. The maximum atomic E-state index is 12.8. The molecule has 1 radical (unpaired) electrons. The highest BCUT2D eigenvalue weighted by atomic mass is 32.2. The molecule has 1 unspecified atom stereocenters. The zero-order chi connectivity index (χ0) is 14.0. The molecule has 1 atom stereocenters. The largest absolute Gasteiger partial charge is 0.616 e. The van der Waals surface area contributed by atoms with Crippen LogP contribution in [0.4, 0.5) is 13.2 Å². The number of hydrogen-bond donors (Lipinski definition) is 0. The molecule has 0 fully saturated rings. The second kappa shape index (κ2) is 5.26. The Balaban J connectivity index is 2.43. The minimum atomic E-state index is -4.59. The Morgan fingerprint density at radius 3 is 2.37 bits per heavy atom. The molecule has 0 bridgehead atoms. The first-order valence-corrected chi connectivity index (χ1v) is 7.07. The number of benzene rings is 1. The molecule has 0 aromatic heterocycles. The lowest BCUT2D eigenvalue weighted by molar-refractivity contribution is -0.0970. The van der Waals surface area contributed by atoms with Crippen molar-refractivity contribution >= 4 is 16.9 Å². The summed E-state index contributed by atoms with van der Waals surface area (Å²) >= 11 is -1.40. The maximum absolute atomic E-state index is 12.8. The van der Waals surface area contributed by atoms with Gasteiger partial charge in [-0.2, -0.15) is 13.2 Å². The first-order valence-electron chi connectivity index (χ1n) is 5.34. The van der Waals surface area contributed by atoms with Crippen LogP contribution in [0.3, 0.4) is 0 Å². The molecule has 7 heteroatoms. The molecule has 101 valence electrons. The van der Waals surface area contributed by atoms with Gasteiger partial charge in [0, 0.05) is 5.56 Å². The number of halogens is 3. The summed E-state index contributed by atoms with van der Waals surface area (Å²) < 4.78 is 49.7. The zero-order valence-corrected chi connectivity index (χ0v) is 10.8. The van der Waals surface area contributed by atoms with Crippen LogP contribution in [0.1, 0.15) is 5.56 Å². The molecule has 0 N–H and O–H groups in total. The third kappa shape index (κ3) is 3.10. The highest BCUT2D eigenvalue weighted by Crippen LogP contribution is 2.32. The Morgan fingerprint density at radius 1 is 1.21 bits per heavy atom. The molecule has 0 amide bonds. The Kier molecular flexibility index (Phi) is 3.86. The van der Waals surface area contributed by atoms with E-state index in [1.54, 1.807) is 30.3 Å². The van der Waals surface area contributed by atoms with Crippen molar-refractivity contribution in [1.82, 2.24) is 5.43 Å². The standard InChI is InChI=1S/C12H10F3N2OS/c1-19(18)7-9-10(8-5-3-2-4-6-8)16-17-11(9)12(13,14)15/h2-6H,7H2,1H3. The van der Waals surface area contributed by atoms with Gasteiger partial charge in [-0.05, 0) is 0 Å². The van der Waals surface area contributed by atoms with Crippen LogP contribution in [0.15, 0.2) is 46.7 Å². The van der Waals surface area contributed by atoms with E-state index in [1.807, 2.05) is 0 Å². The lowest BCUT2D eigenvalue weighted by Crippen LogP contribution is -2.22. The summed E-state index contributed by atoms with van der Waals surface area (Å²) in [5.41, 5.74) is 2.72. The van der Waals surface area contributed by atoms with E-state index in [0.29, 0.717) is 5.56 Å². The normalized spacial score (nSPS) is 17.2. The van der Waals surface area contributed by atoms with Crippen LogP contribution >= 0.6 is 0 Å². The van der Waals surface area contributed by atoms with Crippen molar-refractivity contribution < 1.29 is 17.7 Å². The number of nitrogens with zero attached hydrogens (tertiary/aromatic N) is 2. The summed E-state index contributed by atoms with van der Waals surface area (Å²) in [6, 6.07) is 8.44. The van der Waals surface area contributed by atoms with Crippen LogP contribution in [-0.2, 0) is 11.2 Å². The van der Waals surface area contributed by atoms with Crippen LogP contribution in [0.5, 0.6) is 0 Å². The van der Waals surface area contributed by atoms with E-state index in [1.165, 1.54) is 6.26 Å². The van der Waals surface area contributed by atoms with Crippen LogP contribution in [0.25, 0.3) is 0 Å². The van der Waals surface area contributed by atoms with Gasteiger partial charge in [0.1, 0.15) is 11.5 Å². The second-order valence-corrected chi connectivity index (χ2v) is 5.39. The van der Waals surface area contributed by atoms with Gasteiger partial charge in [0.05, 0.1) is 11.8 Å². The Labute approximate surface area is 111 Å². The average molecular weight is 287 g/mol. The third-order valence-corrected chi connectivity index (χ3v) is 3.18. The summed E-state index contributed by atoms with van der Waals surface area (Å²) in [6.45, 7) is 0. The Hall–Kier alpha value is -1.47. The van der Waals surface area contributed by atoms with Gasteiger partial charge < -0.3 is 4.55 Å². The predicted octanol–water partition coefficient (Wildman–Crippen LogP) is 2.20. The summed E-state index contributed by atoms with van der Waals surface area (Å²) in [5, 5.41) is 3.60. The molecule has 1 aliphatic heterocycles. The molecule has 1 aromatic carbocycles. The van der Waals surface area contributed by atoms with E-state index in [-0.39, 0.29) is 17.0 Å². The fourth-order valence-corrected chi connectivity index (χ4v) is 2.41. The van der Waals surface area contributed by atoms with Gasteiger partial charge in [-0.1, -0.05) is 41.5 Å². The maximum Gasteiger partial charge on any atom is 0.435 e. The summed E-state index contributed by atoms with van der Waals surface area (Å²) in [6.07, 6.45) is -3.24. The van der Waals surface area contributed by atoms with Crippen molar-refractivity contribution in [2.24, 2.45) is 5.10 Å². The molecule has 1 aromatic rings. The first-order chi connectivity index (χ1) is 8.89. The average Bonchev–Trinajstić information content (AvgIpc) is 2.72. The Bertz CT molecular complexity index is 524. The molecule has 0 saturated carbocycles. The molecular weight excluding hydrogens is 277 g/mol. The van der Waals surface area contributed by atoms with E-state index < -0.39 is 23.0 Å². The van der Waals surface area contributed by atoms with Crippen molar-refractivity contribution in [3.63, 3.8) is 0 Å². The second-order valence-electron chi connectivity index (χ2n) is 3.96. The highest BCUT2D eigenvalue weighted by Gasteiger charge is 2.43. The van der Waals surface area contributed by atoms with Gasteiger partial charge in [0.15, 0.2) is 5.70 Å². The van der Waals surface area contributed by atoms with Crippen molar-refractivity contribution in [1.29, 1.82) is 0 Å². The van der Waals surface area contributed by atoms with Gasteiger partial charge in [-0.15, -0.1) is 10.5 Å². The number of alkyl halides is 3. The van der Waals surface area contributed by atoms with Gasteiger partial charge in [-0.3, -0.25) is 0 Å². The smallest absolute Gasteiger partial charge is 0.435 e. The van der Waals surface area contributed by atoms with Crippen molar-refractivity contribution in [3.8, 4) is 0 Å². The SMILES string of the molecule is C[S+]([O-])CC1=C(C(F)(F)F)[N]N=C1c1ccccc1. The number of hydrogen-bond acceptors (Lipinski definition) is 2. The van der Waals surface area contributed by atoms with E-state index in [4.69, 9.17) is 0 Å². The van der Waals surface area contributed by atoms with Crippen LogP contribution in [0.2, 0.25) is 0 Å². The quantitative estimate of drug-likeness (QED) is 0.786. The molecule has 2 rings (SSSR count). The minimum Gasteiger partial charge on any atom is -0.616 e. The monoisotopic (exact) mass is 287 g/mol. The number of allylic oxidation sites excluding steroid dienone is 1. The van der Waals surface area contributed by atoms with Gasteiger partial charge in [0.2, 0.25) is 0 Å². The van der Waals surface area contributed by atoms with Gasteiger partial charge >= 0.3 is 6.18 Å². The molecule has 1 aliphatic rings. The molecule has 1 heterocycles. The van der Waals surface area contributed by atoms with Crippen LogP contribution in [-0.4, -0.2) is 28.4 Å². The van der Waals surface area contributed by atoms with E-state index in [2.05, 4.69) is 10.5 Å². The topological polar surface area (TPSA) is 49.5 Å². The van der Waals surface area contributed by atoms with Crippen LogP contribution < -0.4 is 5.43 Å². The summed E-state index contributed by atoms with van der Waals surface area (Å²) in [5.74, 6) is -0.216. The minimum absolute atomic E-state index is 0.112. The van der Waals surface area contributed by atoms with Gasteiger partial charge in [0.25, 0.3) is 0 Å². The first kappa shape index (κ1) is 14.0. The molecule has 0 spiro atoms. The van der Waals surface area contributed by atoms with Crippen molar-refractivity contribution in [2.75, 3.05) is 12.0 Å². The lowest BCUT2D eigenvalue weighted by atomic mass is 10.0. The molecule has 0 saturated heterocycles. The van der Waals surface area contributed by atoms with Crippen molar-refractivity contribution in [2.45, 2.75) is 6.18 Å². The summed E-state index contributed by atoms with van der Waals surface area (Å²) in [7, 11) is 0. The zero-order valence-electron chi connectivity index (χ0n) is 9.94. The predicted molar refractivity (Wildman–Crippen MR) is 67.1 cm³/mol. The lowest BCUT2D eigenvalue weighted by Gasteiger charge is -2.11. The van der Waals surface area contributed by atoms with E-state index in [9.17, 15) is 17.7 Å². The van der Waals surface area contributed by atoms with Crippen LogP contribution in [0, 0.1) is 0 Å². The Morgan fingerprint density at radius 2 is 1.84 bits per heavy atom. The molecule has 0 aliphatic carbocycles. The van der Waals surface area contributed by atoms with E-state index >= 15 is 0 Å². The van der Waals surface area contributed by atoms with Gasteiger partial charge in [-0.25, -0.2) is 0 Å².